The van der Waals surface area contributed by atoms with E-state index in [2.05, 4.69) is 0 Å². The van der Waals surface area contributed by atoms with Crippen LogP contribution in [-0.2, 0) is 14.3 Å². The van der Waals surface area contributed by atoms with Gasteiger partial charge in [0.15, 0.2) is 6.29 Å². The topological polar surface area (TPSA) is 119 Å². The molecule has 7 heteroatoms. The predicted octanol–water partition coefficient (Wildman–Crippen LogP) is 3.99. The summed E-state index contributed by atoms with van der Waals surface area (Å²) in [5.41, 5.74) is 0. The fraction of sp³-hybridized carbons (Fsp3) is 0.963. The minimum Gasteiger partial charge on any atom is -0.550 e. The van der Waals surface area contributed by atoms with Gasteiger partial charge in [0, 0.05) is 18.8 Å². The SMILES string of the molecule is C[C@H](CCCCCCCCCCCCCCCC[C@@H](O)CC(=O)[O-])O[C@@H]1O[C@@H](C)[C@H](O)C[C@H]1O. The van der Waals surface area contributed by atoms with Crippen LogP contribution in [0.1, 0.15) is 129 Å². The zero-order valence-corrected chi connectivity index (χ0v) is 21.7. The van der Waals surface area contributed by atoms with Crippen molar-refractivity contribution < 1.29 is 34.7 Å². The van der Waals surface area contributed by atoms with Crippen molar-refractivity contribution in [1.29, 1.82) is 0 Å². The van der Waals surface area contributed by atoms with Gasteiger partial charge in [-0.1, -0.05) is 89.9 Å². The average molecular weight is 488 g/mol. The van der Waals surface area contributed by atoms with Crippen LogP contribution in [0.5, 0.6) is 0 Å². The molecule has 0 aromatic heterocycles. The van der Waals surface area contributed by atoms with Crippen LogP contribution in [-0.4, -0.2) is 58.1 Å². The largest absolute Gasteiger partial charge is 0.550 e. The van der Waals surface area contributed by atoms with Crippen LogP contribution in [0.15, 0.2) is 0 Å². The lowest BCUT2D eigenvalue weighted by Gasteiger charge is -2.36. The highest BCUT2D eigenvalue weighted by atomic mass is 16.7. The Labute approximate surface area is 207 Å². The Bertz CT molecular complexity index is 501. The van der Waals surface area contributed by atoms with E-state index in [1.807, 2.05) is 6.92 Å². The lowest BCUT2D eigenvalue weighted by atomic mass is 10.0. The van der Waals surface area contributed by atoms with Gasteiger partial charge in [0.05, 0.1) is 24.4 Å². The number of carboxylic acids is 1. The minimum atomic E-state index is -1.17. The van der Waals surface area contributed by atoms with Gasteiger partial charge in [-0.3, -0.25) is 0 Å². The van der Waals surface area contributed by atoms with Gasteiger partial charge in [0.1, 0.15) is 6.10 Å². The van der Waals surface area contributed by atoms with Crippen molar-refractivity contribution in [3.63, 3.8) is 0 Å². The van der Waals surface area contributed by atoms with Crippen molar-refractivity contribution in [3.05, 3.63) is 0 Å². The zero-order chi connectivity index (χ0) is 25.2. The van der Waals surface area contributed by atoms with Crippen LogP contribution in [0.25, 0.3) is 0 Å². The van der Waals surface area contributed by atoms with Gasteiger partial charge < -0.3 is 34.7 Å². The van der Waals surface area contributed by atoms with Crippen molar-refractivity contribution in [2.45, 2.75) is 166 Å². The maximum atomic E-state index is 10.4. The molecule has 0 amide bonds. The standard InChI is InChI=1S/C27H52O7/c1-21(33-27-25(30)20-24(29)22(2)34-27)17-15-13-11-9-7-5-3-4-6-8-10-12-14-16-18-23(28)19-26(31)32/h21-25,27-30H,3-20H2,1-2H3,(H,31,32)/p-1/t21-,22+,23-,24-,25-,27-/m1/s1. The number of carbonyl (C=O) groups is 1. The van der Waals surface area contributed by atoms with Crippen molar-refractivity contribution in [3.8, 4) is 0 Å². The van der Waals surface area contributed by atoms with E-state index in [4.69, 9.17) is 9.47 Å². The number of carboxylic acid groups (broad SMARTS) is 1. The Morgan fingerprint density at radius 3 is 1.76 bits per heavy atom. The van der Waals surface area contributed by atoms with Gasteiger partial charge in [-0.15, -0.1) is 0 Å². The third-order valence-electron chi connectivity index (χ3n) is 6.85. The number of rotatable bonds is 21. The first-order chi connectivity index (χ1) is 16.3. The van der Waals surface area contributed by atoms with Gasteiger partial charge in [-0.2, -0.15) is 0 Å². The van der Waals surface area contributed by atoms with E-state index in [1.165, 1.54) is 64.2 Å². The summed E-state index contributed by atoms with van der Waals surface area (Å²) in [5.74, 6) is -1.17. The number of ether oxygens (including phenoxy) is 2. The first-order valence-corrected chi connectivity index (χ1v) is 13.8. The normalized spacial score (nSPS) is 24.7. The summed E-state index contributed by atoms with van der Waals surface area (Å²) in [6.45, 7) is 3.83. The summed E-state index contributed by atoms with van der Waals surface area (Å²) in [4.78, 5) is 10.4. The molecule has 6 atom stereocenters. The van der Waals surface area contributed by atoms with E-state index >= 15 is 0 Å². The molecule has 1 fully saturated rings. The number of hydrogen-bond acceptors (Lipinski definition) is 7. The molecule has 1 aliphatic rings. The lowest BCUT2D eigenvalue weighted by molar-refractivity contribution is -0.307. The first-order valence-electron chi connectivity index (χ1n) is 13.8. The molecule has 3 N–H and O–H groups in total. The summed E-state index contributed by atoms with van der Waals surface area (Å²) >= 11 is 0. The Kier molecular flexibility index (Phi) is 17.9. The van der Waals surface area contributed by atoms with Crippen molar-refractivity contribution in [2.75, 3.05) is 0 Å². The van der Waals surface area contributed by atoms with E-state index in [0.717, 1.165) is 32.1 Å². The maximum Gasteiger partial charge on any atom is 0.184 e. The number of hydrogen-bond donors (Lipinski definition) is 3. The molecule has 202 valence electrons. The van der Waals surface area contributed by atoms with Crippen molar-refractivity contribution >= 4 is 5.97 Å². The van der Waals surface area contributed by atoms with E-state index in [-0.39, 0.29) is 18.6 Å². The van der Waals surface area contributed by atoms with E-state index < -0.39 is 30.6 Å². The fourth-order valence-corrected chi connectivity index (χ4v) is 4.59. The lowest BCUT2D eigenvalue weighted by Crippen LogP contribution is -2.48. The average Bonchev–Trinajstić information content (AvgIpc) is 2.76. The van der Waals surface area contributed by atoms with Crippen LogP contribution < -0.4 is 5.11 Å². The Morgan fingerprint density at radius 1 is 0.853 bits per heavy atom. The van der Waals surface area contributed by atoms with Gasteiger partial charge in [-0.25, -0.2) is 0 Å². The molecule has 0 radical (unpaired) electrons. The van der Waals surface area contributed by atoms with Crippen LogP contribution in [0, 0.1) is 0 Å². The number of aliphatic carboxylic acids is 1. The Morgan fingerprint density at radius 2 is 1.29 bits per heavy atom. The molecular weight excluding hydrogens is 436 g/mol. The molecular formula is C27H51O7-. The number of carbonyl (C=O) groups excluding carboxylic acids is 1. The molecule has 34 heavy (non-hydrogen) atoms. The quantitative estimate of drug-likeness (QED) is 0.209. The van der Waals surface area contributed by atoms with E-state index in [0.29, 0.717) is 12.8 Å². The second-order valence-corrected chi connectivity index (χ2v) is 10.3. The molecule has 7 nitrogen and oxygen atoms in total. The maximum absolute atomic E-state index is 10.4. The number of aliphatic hydroxyl groups is 3. The van der Waals surface area contributed by atoms with Crippen LogP contribution in [0.4, 0.5) is 0 Å². The number of aliphatic hydroxyl groups excluding tert-OH is 3. The highest BCUT2D eigenvalue weighted by Crippen LogP contribution is 2.23. The zero-order valence-electron chi connectivity index (χ0n) is 21.7. The molecule has 0 aliphatic carbocycles. The Hall–Kier alpha value is -0.730. The molecule has 0 unspecified atom stereocenters. The number of unbranched alkanes of at least 4 members (excludes halogenated alkanes) is 13. The minimum absolute atomic E-state index is 0.0446. The van der Waals surface area contributed by atoms with E-state index in [1.54, 1.807) is 6.92 Å². The smallest absolute Gasteiger partial charge is 0.184 e. The summed E-state index contributed by atoms with van der Waals surface area (Å²) in [6.07, 6.45) is 15.6. The molecule has 1 rings (SSSR count). The molecule has 1 saturated heterocycles. The first kappa shape index (κ1) is 31.3. The van der Waals surface area contributed by atoms with Gasteiger partial charge in [0.2, 0.25) is 0 Å². The van der Waals surface area contributed by atoms with Crippen molar-refractivity contribution in [2.24, 2.45) is 0 Å². The van der Waals surface area contributed by atoms with Crippen LogP contribution >= 0.6 is 0 Å². The molecule has 0 saturated carbocycles. The Balaban J connectivity index is 1.81. The summed E-state index contributed by atoms with van der Waals surface area (Å²) in [6, 6.07) is 0. The molecule has 0 spiro atoms. The monoisotopic (exact) mass is 487 g/mol. The predicted molar refractivity (Wildman–Crippen MR) is 131 cm³/mol. The third-order valence-corrected chi connectivity index (χ3v) is 6.85. The molecule has 0 aromatic carbocycles. The molecule has 1 heterocycles. The van der Waals surface area contributed by atoms with Crippen molar-refractivity contribution in [1.82, 2.24) is 0 Å². The van der Waals surface area contributed by atoms with Gasteiger partial charge >= 0.3 is 0 Å². The molecule has 1 aliphatic heterocycles. The summed E-state index contributed by atoms with van der Waals surface area (Å²) in [5, 5.41) is 39.6. The molecule has 0 aromatic rings. The third kappa shape index (κ3) is 16.0. The van der Waals surface area contributed by atoms with Crippen LogP contribution in [0.2, 0.25) is 0 Å². The summed E-state index contributed by atoms with van der Waals surface area (Å²) < 4.78 is 11.4. The van der Waals surface area contributed by atoms with Crippen LogP contribution in [0.3, 0.4) is 0 Å². The second kappa shape index (κ2) is 19.5. The highest BCUT2D eigenvalue weighted by Gasteiger charge is 2.35. The fourth-order valence-electron chi connectivity index (χ4n) is 4.59. The molecule has 0 bridgehead atoms. The second-order valence-electron chi connectivity index (χ2n) is 10.3. The summed E-state index contributed by atoms with van der Waals surface area (Å²) in [7, 11) is 0. The van der Waals surface area contributed by atoms with Gasteiger partial charge in [0.25, 0.3) is 0 Å². The van der Waals surface area contributed by atoms with Gasteiger partial charge in [-0.05, 0) is 26.7 Å². The highest BCUT2D eigenvalue weighted by molar-refractivity contribution is 5.64. The van der Waals surface area contributed by atoms with E-state index in [9.17, 15) is 25.2 Å².